The number of Topliss-reactive ketones (excluding diaryl/α,β-unsaturated/α-hetero) is 1. The van der Waals surface area contributed by atoms with E-state index in [2.05, 4.69) is 33.1 Å². The minimum atomic E-state index is -0.242. The van der Waals surface area contributed by atoms with Crippen LogP contribution in [0.4, 0.5) is 5.95 Å². The molecule has 0 bridgehead atoms. The minimum Gasteiger partial charge on any atom is -0.361 e. The summed E-state index contributed by atoms with van der Waals surface area (Å²) >= 11 is 6.11. The van der Waals surface area contributed by atoms with Crippen molar-refractivity contribution in [3.8, 4) is 0 Å². The topological polar surface area (TPSA) is 62.7 Å². The van der Waals surface area contributed by atoms with Gasteiger partial charge >= 0.3 is 0 Å². The predicted octanol–water partition coefficient (Wildman–Crippen LogP) is 6.59. The molecule has 0 fully saturated rings. The SMILES string of the molecule is O=C1C[C@@H](c2ccc(Cl)cc2)CC2=C1[C@H](c1c[nH]c3ccccc13)n1c(nc3ccccc31)N2. The number of halogens is 1. The number of hydrogen-bond acceptors (Lipinski definition) is 3. The number of benzene rings is 3. The van der Waals surface area contributed by atoms with Gasteiger partial charge in [-0.3, -0.25) is 9.36 Å². The predicted molar refractivity (Wildman–Crippen MR) is 135 cm³/mol. The number of hydrogen-bond donors (Lipinski definition) is 2. The van der Waals surface area contributed by atoms with E-state index in [1.54, 1.807) is 0 Å². The van der Waals surface area contributed by atoms with Gasteiger partial charge in [0.1, 0.15) is 0 Å². The van der Waals surface area contributed by atoms with Gasteiger partial charge in [-0.05, 0) is 48.2 Å². The van der Waals surface area contributed by atoms with Gasteiger partial charge in [0.2, 0.25) is 5.95 Å². The lowest BCUT2D eigenvalue weighted by Gasteiger charge is -2.36. The fourth-order valence-corrected chi connectivity index (χ4v) is 5.74. The Morgan fingerprint density at radius 1 is 0.941 bits per heavy atom. The first-order valence-electron chi connectivity index (χ1n) is 11.5. The standard InChI is InChI=1S/C28H21ClN4O/c29-18-11-9-16(10-12-18)17-13-23-26(25(34)14-17)27(20-15-30-21-6-2-1-5-19(20)21)33-24-8-4-3-7-22(24)31-28(33)32-23/h1-12,15,17,27,30H,13-14H2,(H,31,32)/t17-,27-/m0/s1. The van der Waals surface area contributed by atoms with Crippen LogP contribution in [0.3, 0.4) is 0 Å². The molecule has 2 N–H and O–H groups in total. The van der Waals surface area contributed by atoms with E-state index in [4.69, 9.17) is 16.6 Å². The van der Waals surface area contributed by atoms with Crippen LogP contribution >= 0.6 is 11.6 Å². The van der Waals surface area contributed by atoms with Gasteiger partial charge in [-0.25, -0.2) is 4.98 Å². The molecule has 2 aromatic heterocycles. The van der Waals surface area contributed by atoms with Crippen LogP contribution in [0.1, 0.15) is 35.9 Å². The molecule has 1 aliphatic carbocycles. The zero-order valence-corrected chi connectivity index (χ0v) is 19.0. The number of aromatic nitrogens is 3. The smallest absolute Gasteiger partial charge is 0.209 e. The van der Waals surface area contributed by atoms with Crippen molar-refractivity contribution in [2.75, 3.05) is 5.32 Å². The van der Waals surface area contributed by atoms with E-state index in [0.29, 0.717) is 11.4 Å². The number of anilines is 1. The van der Waals surface area contributed by atoms with Gasteiger partial charge in [0.15, 0.2) is 5.78 Å². The molecule has 6 heteroatoms. The normalized spacial score (nSPS) is 19.9. The van der Waals surface area contributed by atoms with Gasteiger partial charge in [-0.2, -0.15) is 0 Å². The van der Waals surface area contributed by atoms with Gasteiger partial charge in [-0.15, -0.1) is 0 Å². The first-order valence-corrected chi connectivity index (χ1v) is 11.9. The summed E-state index contributed by atoms with van der Waals surface area (Å²) in [5.74, 6) is 1.06. The molecular formula is C28H21ClN4O. The third kappa shape index (κ3) is 2.87. The average Bonchev–Trinajstić information content (AvgIpc) is 3.44. The van der Waals surface area contributed by atoms with Crippen molar-refractivity contribution in [1.82, 2.24) is 14.5 Å². The van der Waals surface area contributed by atoms with Crippen molar-refractivity contribution in [2.24, 2.45) is 0 Å². The molecule has 0 saturated carbocycles. The number of imidazole rings is 1. The van der Waals surface area contributed by atoms with Crippen LogP contribution in [0.5, 0.6) is 0 Å². The summed E-state index contributed by atoms with van der Waals surface area (Å²) in [6.07, 6.45) is 3.27. The van der Waals surface area contributed by atoms with Crippen LogP contribution in [0.15, 0.2) is 90.3 Å². The molecule has 2 aliphatic rings. The van der Waals surface area contributed by atoms with E-state index in [9.17, 15) is 4.79 Å². The van der Waals surface area contributed by atoms with Crippen LogP contribution in [-0.2, 0) is 4.79 Å². The molecule has 0 unspecified atom stereocenters. The Morgan fingerprint density at radius 2 is 1.74 bits per heavy atom. The largest absolute Gasteiger partial charge is 0.361 e. The number of carbonyl (C=O) groups excluding carboxylic acids is 1. The molecule has 5 aromatic rings. The number of nitrogens with one attached hydrogen (secondary N) is 2. The van der Waals surface area contributed by atoms with Crippen LogP contribution in [0.25, 0.3) is 21.9 Å². The summed E-state index contributed by atoms with van der Waals surface area (Å²) < 4.78 is 2.18. The zero-order valence-electron chi connectivity index (χ0n) is 18.3. The molecule has 0 spiro atoms. The number of ketones is 1. The van der Waals surface area contributed by atoms with Crippen molar-refractivity contribution in [2.45, 2.75) is 24.8 Å². The number of nitrogens with zero attached hydrogens (tertiary/aromatic N) is 2. The van der Waals surface area contributed by atoms with Crippen molar-refractivity contribution < 1.29 is 4.79 Å². The van der Waals surface area contributed by atoms with Gasteiger partial charge < -0.3 is 10.3 Å². The Hall–Kier alpha value is -3.83. The first-order chi connectivity index (χ1) is 16.7. The number of para-hydroxylation sites is 3. The maximum absolute atomic E-state index is 13.8. The molecule has 3 aromatic carbocycles. The number of carbonyl (C=O) groups is 1. The van der Waals surface area contributed by atoms with Crippen molar-refractivity contribution in [3.05, 3.63) is 106 Å². The number of aromatic amines is 1. The third-order valence-corrected chi connectivity index (χ3v) is 7.41. The van der Waals surface area contributed by atoms with Crippen LogP contribution in [0.2, 0.25) is 5.02 Å². The van der Waals surface area contributed by atoms with E-state index in [1.165, 1.54) is 0 Å². The fraction of sp³-hybridized carbons (Fsp3) is 0.143. The number of rotatable bonds is 2. The molecular weight excluding hydrogens is 444 g/mol. The van der Waals surface area contributed by atoms with Crippen molar-refractivity contribution >= 4 is 45.3 Å². The highest BCUT2D eigenvalue weighted by Crippen LogP contribution is 2.47. The molecule has 0 radical (unpaired) electrons. The lowest BCUT2D eigenvalue weighted by Crippen LogP contribution is -2.33. The summed E-state index contributed by atoms with van der Waals surface area (Å²) in [5, 5.41) is 5.37. The first kappa shape index (κ1) is 19.6. The maximum atomic E-state index is 13.8. The van der Waals surface area contributed by atoms with Gasteiger partial charge in [-0.1, -0.05) is 54.1 Å². The molecule has 5 nitrogen and oxygen atoms in total. The van der Waals surface area contributed by atoms with Gasteiger partial charge in [0.05, 0.1) is 17.1 Å². The highest BCUT2D eigenvalue weighted by Gasteiger charge is 2.40. The Balaban J connectivity index is 1.44. The van der Waals surface area contributed by atoms with E-state index in [-0.39, 0.29) is 17.7 Å². The molecule has 0 saturated heterocycles. The fourth-order valence-electron chi connectivity index (χ4n) is 5.61. The quantitative estimate of drug-likeness (QED) is 0.310. The summed E-state index contributed by atoms with van der Waals surface area (Å²) in [6.45, 7) is 0. The molecule has 34 heavy (non-hydrogen) atoms. The molecule has 2 atom stereocenters. The van der Waals surface area contributed by atoms with E-state index in [0.717, 1.165) is 56.7 Å². The Kier molecular flexibility index (Phi) is 4.23. The van der Waals surface area contributed by atoms with Gasteiger partial charge in [0.25, 0.3) is 0 Å². The summed E-state index contributed by atoms with van der Waals surface area (Å²) in [6, 6.07) is 24.0. The highest BCUT2D eigenvalue weighted by molar-refractivity contribution is 6.30. The van der Waals surface area contributed by atoms with Crippen molar-refractivity contribution in [3.63, 3.8) is 0 Å². The second kappa shape index (κ2) is 7.34. The van der Waals surface area contributed by atoms with Crippen LogP contribution in [0, 0.1) is 0 Å². The average molecular weight is 465 g/mol. The number of H-pyrrole nitrogens is 1. The van der Waals surface area contributed by atoms with E-state index >= 15 is 0 Å². The van der Waals surface area contributed by atoms with E-state index < -0.39 is 0 Å². The molecule has 7 rings (SSSR count). The minimum absolute atomic E-state index is 0.107. The summed E-state index contributed by atoms with van der Waals surface area (Å²) in [4.78, 5) is 22.1. The second-order valence-electron chi connectivity index (χ2n) is 9.08. The highest BCUT2D eigenvalue weighted by atomic mass is 35.5. The molecule has 0 amide bonds. The molecule has 3 heterocycles. The number of allylic oxidation sites excluding steroid dienone is 2. The van der Waals surface area contributed by atoms with Gasteiger partial charge in [0, 0.05) is 45.4 Å². The Morgan fingerprint density at radius 3 is 2.62 bits per heavy atom. The van der Waals surface area contributed by atoms with Crippen molar-refractivity contribution in [1.29, 1.82) is 0 Å². The summed E-state index contributed by atoms with van der Waals surface area (Å²) in [5.41, 5.74) is 7.02. The molecule has 166 valence electrons. The number of fused-ring (bicyclic) bond motifs is 4. The zero-order chi connectivity index (χ0) is 22.8. The van der Waals surface area contributed by atoms with Crippen LogP contribution < -0.4 is 5.32 Å². The third-order valence-electron chi connectivity index (χ3n) is 7.16. The van der Waals surface area contributed by atoms with E-state index in [1.807, 2.05) is 60.8 Å². The maximum Gasteiger partial charge on any atom is 0.209 e. The summed E-state index contributed by atoms with van der Waals surface area (Å²) in [7, 11) is 0. The molecule has 1 aliphatic heterocycles. The second-order valence-corrected chi connectivity index (χ2v) is 9.52. The Labute approximate surface area is 201 Å². The Bertz CT molecular complexity index is 1630. The monoisotopic (exact) mass is 464 g/mol. The van der Waals surface area contributed by atoms with Crippen LogP contribution in [-0.4, -0.2) is 20.3 Å². The lowest BCUT2D eigenvalue weighted by molar-refractivity contribution is -0.116. The lowest BCUT2D eigenvalue weighted by atomic mass is 9.77.